The van der Waals surface area contributed by atoms with Gasteiger partial charge in [0.15, 0.2) is 0 Å². The minimum Gasteiger partial charge on any atom is -0.463 e. The van der Waals surface area contributed by atoms with Gasteiger partial charge in [-0.1, -0.05) is 6.07 Å². The van der Waals surface area contributed by atoms with Crippen molar-refractivity contribution in [2.24, 2.45) is 5.73 Å². The van der Waals surface area contributed by atoms with Gasteiger partial charge in [0.1, 0.15) is 28.8 Å². The Labute approximate surface area is 168 Å². The number of benzene rings is 1. The van der Waals surface area contributed by atoms with Crippen LogP contribution in [0.4, 0.5) is 4.39 Å². The van der Waals surface area contributed by atoms with Gasteiger partial charge in [-0.2, -0.15) is 5.26 Å². The molecule has 2 rings (SSSR count). The van der Waals surface area contributed by atoms with Gasteiger partial charge < -0.3 is 19.9 Å². The zero-order valence-electron chi connectivity index (χ0n) is 17.0. The van der Waals surface area contributed by atoms with Gasteiger partial charge in [-0.15, -0.1) is 0 Å². The molecule has 2 N–H and O–H groups in total. The number of nitrogens with zero attached hydrogens (tertiary/aromatic N) is 1. The van der Waals surface area contributed by atoms with E-state index < -0.39 is 29.3 Å². The van der Waals surface area contributed by atoms with Gasteiger partial charge in [-0.3, -0.25) is 0 Å². The lowest BCUT2D eigenvalue weighted by atomic mass is 9.82. The third-order valence-electron chi connectivity index (χ3n) is 4.05. The van der Waals surface area contributed by atoms with Crippen molar-refractivity contribution in [2.75, 3.05) is 6.61 Å². The molecule has 0 saturated heterocycles. The summed E-state index contributed by atoms with van der Waals surface area (Å²) >= 11 is 0. The monoisotopic (exact) mass is 402 g/mol. The van der Waals surface area contributed by atoms with E-state index in [1.807, 2.05) is 6.07 Å². The first-order chi connectivity index (χ1) is 13.5. The highest BCUT2D eigenvalue weighted by molar-refractivity contribution is 5.93. The van der Waals surface area contributed by atoms with Gasteiger partial charge in [0.25, 0.3) is 0 Å². The molecule has 29 heavy (non-hydrogen) atoms. The van der Waals surface area contributed by atoms with Crippen LogP contribution in [0.25, 0.3) is 0 Å². The Morgan fingerprint density at radius 3 is 2.48 bits per heavy atom. The molecular weight excluding hydrogens is 379 g/mol. The Kier molecular flexibility index (Phi) is 6.32. The van der Waals surface area contributed by atoms with Gasteiger partial charge in [-0.05, 0) is 46.8 Å². The van der Waals surface area contributed by atoms with Crippen LogP contribution in [0.5, 0.6) is 0 Å². The minimum absolute atomic E-state index is 0.00193. The first kappa shape index (κ1) is 22.0. The number of carbonyl (C=O) groups is 2. The normalized spacial score (nSPS) is 16.8. The van der Waals surface area contributed by atoms with Crippen molar-refractivity contribution in [3.8, 4) is 6.07 Å². The summed E-state index contributed by atoms with van der Waals surface area (Å²) in [6, 6.07) is 5.56. The van der Waals surface area contributed by atoms with Crippen molar-refractivity contribution in [3.05, 3.63) is 57.9 Å². The lowest BCUT2D eigenvalue weighted by molar-refractivity contribution is -0.139. The number of esters is 2. The summed E-state index contributed by atoms with van der Waals surface area (Å²) in [7, 11) is 0. The van der Waals surface area contributed by atoms with E-state index in [1.54, 1.807) is 27.7 Å². The fourth-order valence-corrected chi connectivity index (χ4v) is 2.89. The lowest BCUT2D eigenvalue weighted by Crippen LogP contribution is -2.26. The van der Waals surface area contributed by atoms with E-state index in [1.165, 1.54) is 19.1 Å². The van der Waals surface area contributed by atoms with Gasteiger partial charge in [0.05, 0.1) is 23.7 Å². The molecule has 1 aromatic carbocycles. The van der Waals surface area contributed by atoms with E-state index >= 15 is 4.39 Å². The van der Waals surface area contributed by atoms with E-state index in [-0.39, 0.29) is 40.5 Å². The Hall–Kier alpha value is -3.34. The summed E-state index contributed by atoms with van der Waals surface area (Å²) < 4.78 is 30.6. The second kappa shape index (κ2) is 8.35. The molecule has 0 spiro atoms. The van der Waals surface area contributed by atoms with Crippen molar-refractivity contribution in [2.45, 2.75) is 46.1 Å². The zero-order chi connectivity index (χ0) is 21.9. The van der Waals surface area contributed by atoms with Crippen LogP contribution in [0.3, 0.4) is 0 Å². The molecule has 1 aliphatic rings. The van der Waals surface area contributed by atoms with Crippen molar-refractivity contribution in [1.82, 2.24) is 0 Å². The number of allylic oxidation sites excluding steroid dienone is 2. The maximum Gasteiger partial charge on any atom is 0.338 e. The number of rotatable bonds is 4. The Balaban J connectivity index is 2.56. The Morgan fingerprint density at radius 1 is 1.31 bits per heavy atom. The number of halogens is 1. The Morgan fingerprint density at radius 2 is 1.97 bits per heavy atom. The maximum absolute atomic E-state index is 15.0. The van der Waals surface area contributed by atoms with Gasteiger partial charge in [0.2, 0.25) is 5.88 Å². The molecule has 8 heteroatoms. The first-order valence-corrected chi connectivity index (χ1v) is 8.98. The lowest BCUT2D eigenvalue weighted by Gasteiger charge is -2.27. The van der Waals surface area contributed by atoms with Gasteiger partial charge >= 0.3 is 11.9 Å². The number of nitriles is 1. The predicted octanol–water partition coefficient (Wildman–Crippen LogP) is 3.43. The topological polar surface area (TPSA) is 112 Å². The van der Waals surface area contributed by atoms with E-state index in [2.05, 4.69) is 0 Å². The van der Waals surface area contributed by atoms with E-state index in [4.69, 9.17) is 19.9 Å². The number of nitrogens with two attached hydrogens (primary N) is 1. The highest BCUT2D eigenvalue weighted by atomic mass is 19.1. The SMILES string of the molecule is CCOC(=O)C1=C(C)OC(N)=C(C#N)C1c1ccc(C(=O)OC(C)(C)C)cc1F. The minimum atomic E-state index is -1.12. The fraction of sp³-hybridized carbons (Fsp3) is 0.381. The number of hydrogen-bond donors (Lipinski definition) is 1. The van der Waals surface area contributed by atoms with Crippen LogP contribution >= 0.6 is 0 Å². The third kappa shape index (κ3) is 4.74. The second-order valence-corrected chi connectivity index (χ2v) is 7.35. The van der Waals surface area contributed by atoms with Crippen LogP contribution in [-0.4, -0.2) is 24.1 Å². The molecule has 1 unspecified atom stereocenters. The Bertz CT molecular complexity index is 951. The molecule has 1 atom stereocenters. The van der Waals surface area contributed by atoms with Gasteiger partial charge in [0, 0.05) is 5.56 Å². The molecule has 0 saturated carbocycles. The summed E-state index contributed by atoms with van der Waals surface area (Å²) in [5.74, 6) is -3.47. The highest BCUT2D eigenvalue weighted by Crippen LogP contribution is 2.40. The van der Waals surface area contributed by atoms with Crippen LogP contribution in [0.2, 0.25) is 0 Å². The molecule has 0 aliphatic carbocycles. The van der Waals surface area contributed by atoms with Crippen LogP contribution in [0.1, 0.15) is 56.5 Å². The van der Waals surface area contributed by atoms with Crippen LogP contribution in [-0.2, 0) is 19.0 Å². The smallest absolute Gasteiger partial charge is 0.338 e. The summed E-state index contributed by atoms with van der Waals surface area (Å²) in [4.78, 5) is 24.7. The average molecular weight is 402 g/mol. The van der Waals surface area contributed by atoms with E-state index in [0.29, 0.717) is 0 Å². The molecule has 0 bridgehead atoms. The van der Waals surface area contributed by atoms with Crippen molar-refractivity contribution >= 4 is 11.9 Å². The molecule has 1 aliphatic heterocycles. The molecular formula is C21H23FN2O5. The first-order valence-electron chi connectivity index (χ1n) is 8.98. The zero-order valence-corrected chi connectivity index (χ0v) is 17.0. The van der Waals surface area contributed by atoms with E-state index in [9.17, 15) is 14.9 Å². The average Bonchev–Trinajstić information content (AvgIpc) is 2.59. The third-order valence-corrected chi connectivity index (χ3v) is 4.05. The van der Waals surface area contributed by atoms with Crippen LogP contribution < -0.4 is 5.73 Å². The van der Waals surface area contributed by atoms with Crippen LogP contribution in [0.15, 0.2) is 41.0 Å². The summed E-state index contributed by atoms with van der Waals surface area (Å²) in [5, 5.41) is 9.53. The van der Waals surface area contributed by atoms with Crippen molar-refractivity contribution < 1.29 is 28.2 Å². The quantitative estimate of drug-likeness (QED) is 0.768. The van der Waals surface area contributed by atoms with E-state index in [0.717, 1.165) is 6.07 Å². The molecule has 0 amide bonds. The van der Waals surface area contributed by atoms with Crippen molar-refractivity contribution in [3.63, 3.8) is 0 Å². The second-order valence-electron chi connectivity index (χ2n) is 7.35. The molecule has 154 valence electrons. The summed E-state index contributed by atoms with van der Waals surface area (Å²) in [6.07, 6.45) is 0. The fourth-order valence-electron chi connectivity index (χ4n) is 2.89. The predicted molar refractivity (Wildman–Crippen MR) is 102 cm³/mol. The van der Waals surface area contributed by atoms with Crippen molar-refractivity contribution in [1.29, 1.82) is 5.26 Å². The number of ether oxygens (including phenoxy) is 3. The summed E-state index contributed by atoms with van der Waals surface area (Å²) in [6.45, 7) is 8.28. The molecule has 0 aromatic heterocycles. The molecule has 0 radical (unpaired) electrons. The van der Waals surface area contributed by atoms with Crippen LogP contribution in [0, 0.1) is 17.1 Å². The number of hydrogen-bond acceptors (Lipinski definition) is 7. The molecule has 7 nitrogen and oxygen atoms in total. The maximum atomic E-state index is 15.0. The standard InChI is InChI=1S/C21H23FN2O5/c1-6-27-20(26)16-11(2)28-18(24)14(10-23)17(16)13-8-7-12(9-15(13)22)19(25)29-21(3,4)5/h7-9,17H,6,24H2,1-5H3. The number of carbonyl (C=O) groups excluding carboxylic acids is 2. The highest BCUT2D eigenvalue weighted by Gasteiger charge is 2.38. The molecule has 0 fully saturated rings. The molecule has 1 aromatic rings. The summed E-state index contributed by atoms with van der Waals surface area (Å²) in [5.41, 5.74) is 4.89. The van der Waals surface area contributed by atoms with Gasteiger partial charge in [-0.25, -0.2) is 14.0 Å². The largest absolute Gasteiger partial charge is 0.463 e. The molecule has 1 heterocycles.